The Bertz CT molecular complexity index is 1190. The van der Waals surface area contributed by atoms with Gasteiger partial charge in [-0.25, -0.2) is 8.42 Å². The van der Waals surface area contributed by atoms with Gasteiger partial charge in [0.25, 0.3) is 0 Å². The topological polar surface area (TPSA) is 86.8 Å². The second kappa shape index (κ2) is 8.74. The third-order valence-electron chi connectivity index (χ3n) is 6.61. The Morgan fingerprint density at radius 2 is 1.88 bits per heavy atom. The molecule has 0 spiro atoms. The van der Waals surface area contributed by atoms with Crippen LogP contribution in [0.15, 0.2) is 47.4 Å². The number of anilines is 1. The number of hydrogen-bond acceptors (Lipinski definition) is 4. The molecule has 2 aliphatic heterocycles. The second-order valence-electron chi connectivity index (χ2n) is 9.21. The largest absolute Gasteiger partial charge is 0.352 e. The second-order valence-corrected chi connectivity index (χ2v) is 11.6. The fourth-order valence-electron chi connectivity index (χ4n) is 4.57. The van der Waals surface area contributed by atoms with Gasteiger partial charge in [0.05, 0.1) is 16.2 Å². The summed E-state index contributed by atoms with van der Waals surface area (Å²) in [5.74, 6) is -0.644. The standard InChI is InChI=1S/C24H28ClN3O4S/c1-24(2)20-13-19(10-11-21(20)27(3)23(24)30)33(31,32)28-12-4-5-17(15-28)22(29)26-14-16-6-8-18(25)9-7-16/h6-11,13,17H,4-5,12,14-15H2,1-3H3,(H,26,29)/t17-/m1/s1. The Balaban J connectivity index is 1.49. The number of fused-ring (bicyclic) bond motifs is 1. The molecule has 1 saturated heterocycles. The van der Waals surface area contributed by atoms with Crippen molar-refractivity contribution in [1.82, 2.24) is 9.62 Å². The molecule has 2 aromatic rings. The number of rotatable bonds is 5. The quantitative estimate of drug-likeness (QED) is 0.698. The molecule has 4 rings (SSSR count). The van der Waals surface area contributed by atoms with E-state index in [1.54, 1.807) is 56.1 Å². The van der Waals surface area contributed by atoms with Gasteiger partial charge >= 0.3 is 0 Å². The van der Waals surface area contributed by atoms with Crippen molar-refractivity contribution < 1.29 is 18.0 Å². The first-order valence-corrected chi connectivity index (χ1v) is 12.8. The maximum atomic E-state index is 13.4. The minimum atomic E-state index is -3.80. The number of benzene rings is 2. The van der Waals surface area contributed by atoms with Crippen molar-refractivity contribution in [1.29, 1.82) is 0 Å². The highest BCUT2D eigenvalue weighted by atomic mass is 35.5. The number of nitrogens with zero attached hydrogens (tertiary/aromatic N) is 2. The lowest BCUT2D eigenvalue weighted by Crippen LogP contribution is -2.45. The van der Waals surface area contributed by atoms with Crippen LogP contribution < -0.4 is 10.2 Å². The van der Waals surface area contributed by atoms with Crippen LogP contribution in [0.2, 0.25) is 5.02 Å². The highest BCUT2D eigenvalue weighted by Gasteiger charge is 2.43. The molecule has 2 heterocycles. The zero-order valence-corrected chi connectivity index (χ0v) is 20.5. The van der Waals surface area contributed by atoms with Crippen molar-refractivity contribution in [2.45, 2.75) is 43.5 Å². The fraction of sp³-hybridized carbons (Fsp3) is 0.417. The molecule has 2 amide bonds. The molecule has 0 bridgehead atoms. The van der Waals surface area contributed by atoms with E-state index in [1.165, 1.54) is 4.31 Å². The van der Waals surface area contributed by atoms with E-state index in [4.69, 9.17) is 11.6 Å². The maximum absolute atomic E-state index is 13.4. The number of hydrogen-bond donors (Lipinski definition) is 1. The number of likely N-dealkylation sites (N-methyl/N-ethyl adjacent to an activating group) is 1. The van der Waals surface area contributed by atoms with Gasteiger partial charge in [-0.3, -0.25) is 9.59 Å². The monoisotopic (exact) mass is 489 g/mol. The van der Waals surface area contributed by atoms with Gasteiger partial charge in [-0.1, -0.05) is 23.7 Å². The molecular weight excluding hydrogens is 462 g/mol. The third kappa shape index (κ3) is 4.39. The van der Waals surface area contributed by atoms with Gasteiger partial charge in [-0.2, -0.15) is 4.31 Å². The summed E-state index contributed by atoms with van der Waals surface area (Å²) in [4.78, 5) is 27.0. The van der Waals surface area contributed by atoms with Crippen molar-refractivity contribution in [3.05, 3.63) is 58.6 Å². The normalized spacial score (nSPS) is 20.5. The van der Waals surface area contributed by atoms with Gasteiger partial charge < -0.3 is 10.2 Å². The number of piperidine rings is 1. The number of carbonyl (C=O) groups excluding carboxylic acids is 2. The minimum absolute atomic E-state index is 0.0672. The fourth-order valence-corrected chi connectivity index (χ4v) is 6.25. The van der Waals surface area contributed by atoms with Crippen LogP contribution in [0.25, 0.3) is 0 Å². The Kier molecular flexibility index (Phi) is 6.28. The summed E-state index contributed by atoms with van der Waals surface area (Å²) in [7, 11) is -2.10. The molecule has 7 nitrogen and oxygen atoms in total. The molecule has 0 saturated carbocycles. The average Bonchev–Trinajstić information content (AvgIpc) is 2.98. The molecule has 1 atom stereocenters. The SMILES string of the molecule is CN1C(=O)C(C)(C)c2cc(S(=O)(=O)N3CCC[C@@H](C(=O)NCc4ccc(Cl)cc4)C3)ccc21. The van der Waals surface area contributed by atoms with Crippen LogP contribution in [-0.4, -0.2) is 44.7 Å². The third-order valence-corrected chi connectivity index (χ3v) is 8.73. The lowest BCUT2D eigenvalue weighted by molar-refractivity contribution is -0.126. The van der Waals surface area contributed by atoms with E-state index in [-0.39, 0.29) is 23.3 Å². The predicted molar refractivity (Wildman–Crippen MR) is 128 cm³/mol. The molecule has 33 heavy (non-hydrogen) atoms. The molecule has 176 valence electrons. The van der Waals surface area contributed by atoms with Crippen molar-refractivity contribution >= 4 is 39.1 Å². The molecule has 2 aliphatic rings. The highest BCUT2D eigenvalue weighted by Crippen LogP contribution is 2.42. The van der Waals surface area contributed by atoms with Crippen LogP contribution in [0.3, 0.4) is 0 Å². The lowest BCUT2D eigenvalue weighted by atomic mass is 9.86. The van der Waals surface area contributed by atoms with Crippen LogP contribution in [0.1, 0.15) is 37.8 Å². The summed E-state index contributed by atoms with van der Waals surface area (Å²) in [5.41, 5.74) is 1.56. The number of carbonyl (C=O) groups is 2. The van der Waals surface area contributed by atoms with E-state index in [0.29, 0.717) is 36.5 Å². The first-order valence-electron chi connectivity index (χ1n) is 11.0. The predicted octanol–water partition coefficient (Wildman–Crippen LogP) is 3.31. The molecule has 0 radical (unpaired) electrons. The molecule has 9 heteroatoms. The van der Waals surface area contributed by atoms with E-state index in [0.717, 1.165) is 11.3 Å². The zero-order valence-electron chi connectivity index (χ0n) is 19.0. The minimum Gasteiger partial charge on any atom is -0.352 e. The Labute approximate surface area is 199 Å². The summed E-state index contributed by atoms with van der Waals surface area (Å²) >= 11 is 5.90. The van der Waals surface area contributed by atoms with Crippen LogP contribution in [0.5, 0.6) is 0 Å². The summed E-state index contributed by atoms with van der Waals surface area (Å²) in [6.07, 6.45) is 1.24. The number of sulfonamides is 1. The lowest BCUT2D eigenvalue weighted by Gasteiger charge is -2.31. The maximum Gasteiger partial charge on any atom is 0.243 e. The van der Waals surface area contributed by atoms with Crippen LogP contribution in [0.4, 0.5) is 5.69 Å². The van der Waals surface area contributed by atoms with Crippen LogP contribution in [0, 0.1) is 5.92 Å². The molecule has 0 aromatic heterocycles. The van der Waals surface area contributed by atoms with E-state index < -0.39 is 21.4 Å². The summed E-state index contributed by atoms with van der Waals surface area (Å²) in [6, 6.07) is 12.1. The molecular formula is C24H28ClN3O4S. The Morgan fingerprint density at radius 3 is 2.58 bits per heavy atom. The van der Waals surface area contributed by atoms with Gasteiger partial charge in [-0.15, -0.1) is 0 Å². The molecule has 1 fully saturated rings. The summed E-state index contributed by atoms with van der Waals surface area (Å²) < 4.78 is 28.2. The first-order chi connectivity index (χ1) is 15.5. The Hall–Kier alpha value is -2.42. The summed E-state index contributed by atoms with van der Waals surface area (Å²) in [6.45, 7) is 4.46. The summed E-state index contributed by atoms with van der Waals surface area (Å²) in [5, 5.41) is 3.54. The van der Waals surface area contributed by atoms with Crippen molar-refractivity contribution in [3.8, 4) is 0 Å². The van der Waals surface area contributed by atoms with Crippen LogP contribution in [-0.2, 0) is 31.6 Å². The smallest absolute Gasteiger partial charge is 0.243 e. The van der Waals surface area contributed by atoms with Crippen molar-refractivity contribution in [2.75, 3.05) is 25.0 Å². The van der Waals surface area contributed by atoms with E-state index in [2.05, 4.69) is 5.32 Å². The van der Waals surface area contributed by atoms with Gasteiger partial charge in [0.15, 0.2) is 0 Å². The van der Waals surface area contributed by atoms with Gasteiger partial charge in [0.1, 0.15) is 0 Å². The highest BCUT2D eigenvalue weighted by molar-refractivity contribution is 7.89. The molecule has 2 aromatic carbocycles. The number of nitrogens with one attached hydrogen (secondary N) is 1. The number of amides is 2. The van der Waals surface area contributed by atoms with E-state index in [9.17, 15) is 18.0 Å². The average molecular weight is 490 g/mol. The van der Waals surface area contributed by atoms with E-state index in [1.807, 2.05) is 12.1 Å². The van der Waals surface area contributed by atoms with Crippen molar-refractivity contribution in [3.63, 3.8) is 0 Å². The van der Waals surface area contributed by atoms with Gasteiger partial charge in [0.2, 0.25) is 21.8 Å². The molecule has 0 aliphatic carbocycles. The zero-order chi connectivity index (χ0) is 24.0. The molecule has 1 N–H and O–H groups in total. The number of halogens is 1. The Morgan fingerprint density at radius 1 is 1.18 bits per heavy atom. The van der Waals surface area contributed by atoms with E-state index >= 15 is 0 Å². The first kappa shape index (κ1) is 23.7. The van der Waals surface area contributed by atoms with Crippen molar-refractivity contribution in [2.24, 2.45) is 5.92 Å². The van der Waals surface area contributed by atoms with Gasteiger partial charge in [-0.05, 0) is 68.1 Å². The van der Waals surface area contributed by atoms with Crippen LogP contribution >= 0.6 is 11.6 Å². The van der Waals surface area contributed by atoms with Gasteiger partial charge in [0, 0.05) is 37.4 Å². The molecule has 0 unspecified atom stereocenters.